The number of carbonyl (C=O) groups is 1. The van der Waals surface area contributed by atoms with Crippen molar-refractivity contribution < 1.29 is 23.5 Å². The minimum absolute atomic E-state index is 0.137. The van der Waals surface area contributed by atoms with Crippen LogP contribution in [-0.2, 0) is 13.0 Å². The summed E-state index contributed by atoms with van der Waals surface area (Å²) in [4.78, 5) is 15.3. The molecule has 3 heterocycles. The van der Waals surface area contributed by atoms with E-state index in [-0.39, 0.29) is 18.6 Å². The Bertz CT molecular complexity index is 1180. The molecule has 2 aliphatic rings. The number of rotatable bonds is 3. The molecule has 2 aliphatic heterocycles. The van der Waals surface area contributed by atoms with Crippen LogP contribution in [0.2, 0.25) is 0 Å². The second kappa shape index (κ2) is 7.34. The van der Waals surface area contributed by atoms with E-state index in [1.807, 2.05) is 49.1 Å². The van der Waals surface area contributed by atoms with Crippen molar-refractivity contribution in [3.8, 4) is 28.6 Å². The molecule has 31 heavy (non-hydrogen) atoms. The van der Waals surface area contributed by atoms with Crippen molar-refractivity contribution in [2.75, 3.05) is 20.8 Å². The maximum absolute atomic E-state index is 13.5. The first-order valence-electron chi connectivity index (χ1n) is 10.3. The lowest BCUT2D eigenvalue weighted by Crippen LogP contribution is -2.39. The van der Waals surface area contributed by atoms with E-state index in [1.165, 1.54) is 0 Å². The molecule has 0 saturated carbocycles. The summed E-state index contributed by atoms with van der Waals surface area (Å²) in [6.07, 6.45) is 0.727. The molecule has 0 saturated heterocycles. The molecule has 0 bridgehead atoms. The van der Waals surface area contributed by atoms with Crippen LogP contribution >= 0.6 is 0 Å². The molecular formula is C24H24N2O5. The number of nitrogens with zero attached hydrogens (tertiary/aromatic N) is 2. The Balaban J connectivity index is 1.49. The van der Waals surface area contributed by atoms with Crippen molar-refractivity contribution in [3.63, 3.8) is 0 Å². The van der Waals surface area contributed by atoms with Gasteiger partial charge in [0.2, 0.25) is 0 Å². The van der Waals surface area contributed by atoms with Crippen molar-refractivity contribution >= 4 is 5.91 Å². The lowest BCUT2D eigenvalue weighted by molar-refractivity contribution is 0.0664. The highest BCUT2D eigenvalue weighted by atomic mass is 16.5. The van der Waals surface area contributed by atoms with Crippen molar-refractivity contribution in [2.24, 2.45) is 0 Å². The predicted molar refractivity (Wildman–Crippen MR) is 114 cm³/mol. The first kappa shape index (κ1) is 19.5. The van der Waals surface area contributed by atoms with Gasteiger partial charge in [0.1, 0.15) is 12.4 Å². The maximum atomic E-state index is 13.5. The zero-order valence-electron chi connectivity index (χ0n) is 18.0. The highest BCUT2D eigenvalue weighted by Crippen LogP contribution is 2.41. The predicted octanol–water partition coefficient (Wildman–Crippen LogP) is 4.32. The van der Waals surface area contributed by atoms with Crippen molar-refractivity contribution in [1.82, 2.24) is 10.1 Å². The number of aryl methyl sites for hydroxylation is 1. The first-order chi connectivity index (χ1) is 15.0. The largest absolute Gasteiger partial charge is 0.493 e. The monoisotopic (exact) mass is 420 g/mol. The Hall–Kier alpha value is -3.48. The lowest BCUT2D eigenvalue weighted by atomic mass is 9.92. The van der Waals surface area contributed by atoms with E-state index in [0.29, 0.717) is 35.1 Å². The molecule has 5 rings (SSSR count). The van der Waals surface area contributed by atoms with Crippen LogP contribution in [0.3, 0.4) is 0 Å². The molecule has 7 nitrogen and oxygen atoms in total. The van der Waals surface area contributed by atoms with Crippen LogP contribution in [0, 0.1) is 6.92 Å². The van der Waals surface area contributed by atoms with Gasteiger partial charge in [-0.3, -0.25) is 4.79 Å². The van der Waals surface area contributed by atoms with E-state index in [9.17, 15) is 4.79 Å². The fourth-order valence-corrected chi connectivity index (χ4v) is 4.48. The summed E-state index contributed by atoms with van der Waals surface area (Å²) in [6, 6.07) is 9.72. The van der Waals surface area contributed by atoms with Crippen LogP contribution in [0.4, 0.5) is 0 Å². The third-order valence-corrected chi connectivity index (χ3v) is 6.19. The number of hydrogen-bond acceptors (Lipinski definition) is 6. The van der Waals surface area contributed by atoms with Gasteiger partial charge in [-0.05, 0) is 55.7 Å². The van der Waals surface area contributed by atoms with Gasteiger partial charge in [-0.15, -0.1) is 0 Å². The average molecular weight is 420 g/mol. The Morgan fingerprint density at radius 2 is 1.94 bits per heavy atom. The second-order valence-electron chi connectivity index (χ2n) is 7.96. The average Bonchev–Trinajstić information content (AvgIpc) is 3.23. The van der Waals surface area contributed by atoms with E-state index in [1.54, 1.807) is 14.2 Å². The van der Waals surface area contributed by atoms with Crippen LogP contribution in [0.5, 0.6) is 17.2 Å². The number of hydrogen-bond donors (Lipinski definition) is 0. The van der Waals surface area contributed by atoms with Gasteiger partial charge < -0.3 is 23.6 Å². The van der Waals surface area contributed by atoms with Gasteiger partial charge in [-0.1, -0.05) is 16.8 Å². The fourth-order valence-electron chi connectivity index (χ4n) is 4.48. The van der Waals surface area contributed by atoms with Crippen LogP contribution in [-0.4, -0.2) is 36.7 Å². The summed E-state index contributed by atoms with van der Waals surface area (Å²) in [5.41, 5.74) is 5.15. The number of aromatic nitrogens is 1. The summed E-state index contributed by atoms with van der Waals surface area (Å²) in [5, 5.41) is 4.16. The summed E-state index contributed by atoms with van der Waals surface area (Å²) in [6.45, 7) is 4.87. The molecule has 1 amide bonds. The highest BCUT2D eigenvalue weighted by molar-refractivity contribution is 5.96. The third-order valence-electron chi connectivity index (χ3n) is 6.19. The standard InChI is InChI=1S/C24H24N2O5/c1-13-5-6-19-17(9-13)23-18(12-30-19)22(25-31-23)24(27)26-8-7-15-10-20(28-3)21(29-4)11-16(15)14(26)2/h5-6,9-11,14H,7-8,12H2,1-4H3/t14-/m1/s1. The molecule has 0 unspecified atom stereocenters. The van der Waals surface area contributed by atoms with Gasteiger partial charge in [-0.25, -0.2) is 0 Å². The van der Waals surface area contributed by atoms with E-state index in [2.05, 4.69) is 5.16 Å². The molecule has 160 valence electrons. The Kier molecular flexibility index (Phi) is 4.61. The van der Waals surface area contributed by atoms with E-state index in [4.69, 9.17) is 18.7 Å². The van der Waals surface area contributed by atoms with Gasteiger partial charge in [0.05, 0.1) is 31.4 Å². The molecule has 0 aliphatic carbocycles. The van der Waals surface area contributed by atoms with Gasteiger partial charge in [0.15, 0.2) is 23.0 Å². The molecule has 1 atom stereocenters. The van der Waals surface area contributed by atoms with Gasteiger partial charge in [-0.2, -0.15) is 0 Å². The van der Waals surface area contributed by atoms with Crippen LogP contribution in [0.1, 0.15) is 45.7 Å². The first-order valence-corrected chi connectivity index (χ1v) is 10.3. The fraction of sp³-hybridized carbons (Fsp3) is 0.333. The smallest absolute Gasteiger partial charge is 0.277 e. The summed E-state index contributed by atoms with van der Waals surface area (Å²) < 4.78 is 22.4. The van der Waals surface area contributed by atoms with Crippen molar-refractivity contribution in [2.45, 2.75) is 32.9 Å². The molecule has 1 aromatic heterocycles. The zero-order valence-corrected chi connectivity index (χ0v) is 18.0. The van der Waals surface area contributed by atoms with Gasteiger partial charge in [0, 0.05) is 6.54 Å². The molecule has 2 aromatic carbocycles. The minimum Gasteiger partial charge on any atom is -0.493 e. The van der Waals surface area contributed by atoms with Crippen LogP contribution < -0.4 is 14.2 Å². The molecule has 0 spiro atoms. The number of methoxy groups -OCH3 is 2. The summed E-state index contributed by atoms with van der Waals surface area (Å²) in [7, 11) is 3.24. The zero-order chi connectivity index (χ0) is 21.7. The highest BCUT2D eigenvalue weighted by Gasteiger charge is 2.35. The van der Waals surface area contributed by atoms with E-state index < -0.39 is 0 Å². The Morgan fingerprint density at radius 3 is 2.71 bits per heavy atom. The van der Waals surface area contributed by atoms with E-state index in [0.717, 1.165) is 34.4 Å². The summed E-state index contributed by atoms with van der Waals surface area (Å²) >= 11 is 0. The Labute approximate surface area is 180 Å². The lowest BCUT2D eigenvalue weighted by Gasteiger charge is -2.35. The minimum atomic E-state index is -0.155. The molecular weight excluding hydrogens is 396 g/mol. The van der Waals surface area contributed by atoms with Gasteiger partial charge >= 0.3 is 0 Å². The topological polar surface area (TPSA) is 74.0 Å². The SMILES string of the molecule is COc1cc2c(cc1OC)[C@@H](C)N(C(=O)c1noc3c1COc1ccc(C)cc1-3)CC2. The Morgan fingerprint density at radius 1 is 1.16 bits per heavy atom. The number of fused-ring (bicyclic) bond motifs is 4. The molecule has 0 radical (unpaired) electrons. The second-order valence-corrected chi connectivity index (χ2v) is 7.96. The van der Waals surface area contributed by atoms with Crippen molar-refractivity contribution in [3.05, 3.63) is 58.3 Å². The van der Waals surface area contributed by atoms with E-state index >= 15 is 0 Å². The van der Waals surface area contributed by atoms with Crippen LogP contribution in [0.15, 0.2) is 34.9 Å². The molecule has 0 fully saturated rings. The third kappa shape index (κ3) is 3.03. The summed E-state index contributed by atoms with van der Waals surface area (Å²) in [5.74, 6) is 2.56. The van der Waals surface area contributed by atoms with Crippen molar-refractivity contribution in [1.29, 1.82) is 0 Å². The number of amides is 1. The molecule has 3 aromatic rings. The number of benzene rings is 2. The maximum Gasteiger partial charge on any atom is 0.277 e. The van der Waals surface area contributed by atoms with Crippen LogP contribution in [0.25, 0.3) is 11.3 Å². The molecule has 0 N–H and O–H groups in total. The normalized spacial score (nSPS) is 16.6. The van der Waals surface area contributed by atoms with Gasteiger partial charge in [0.25, 0.3) is 5.91 Å². The number of carbonyl (C=O) groups excluding carboxylic acids is 1. The molecule has 7 heteroatoms. The number of ether oxygens (including phenoxy) is 3. The quantitative estimate of drug-likeness (QED) is 0.628.